The Morgan fingerprint density at radius 1 is 1.05 bits per heavy atom. The summed E-state index contributed by atoms with van der Waals surface area (Å²) in [5.41, 5.74) is 3.14. The summed E-state index contributed by atoms with van der Waals surface area (Å²) in [6.45, 7) is 0. The highest BCUT2D eigenvalue weighted by Crippen LogP contribution is 2.41. The van der Waals surface area contributed by atoms with Crippen LogP contribution in [0.4, 0.5) is 5.13 Å². The van der Waals surface area contributed by atoms with Crippen LogP contribution in [-0.4, -0.2) is 11.0 Å². The molecular formula is C16H18N2S. The van der Waals surface area contributed by atoms with Gasteiger partial charge in [0.15, 0.2) is 5.13 Å². The normalized spacial score (nSPS) is 28.7. The SMILES string of the molecule is c1ccc2c(c1)CC1CCC(C2)C1Nc1nccs1. The van der Waals surface area contributed by atoms with Crippen LogP contribution in [0.25, 0.3) is 0 Å². The number of aromatic nitrogens is 1. The largest absolute Gasteiger partial charge is 0.358 e. The van der Waals surface area contributed by atoms with Crippen molar-refractivity contribution in [2.24, 2.45) is 11.8 Å². The quantitative estimate of drug-likeness (QED) is 0.899. The minimum absolute atomic E-state index is 0.610. The number of nitrogens with one attached hydrogen (secondary N) is 1. The molecule has 1 N–H and O–H groups in total. The molecule has 2 nitrogen and oxygen atoms in total. The Kier molecular flexibility index (Phi) is 2.80. The van der Waals surface area contributed by atoms with Crippen molar-refractivity contribution in [1.82, 2.24) is 4.98 Å². The monoisotopic (exact) mass is 270 g/mol. The van der Waals surface area contributed by atoms with E-state index in [4.69, 9.17) is 0 Å². The van der Waals surface area contributed by atoms with Crippen LogP contribution in [0.15, 0.2) is 35.8 Å². The fourth-order valence-electron chi connectivity index (χ4n) is 3.82. The molecule has 4 rings (SSSR count). The number of hydrogen-bond acceptors (Lipinski definition) is 3. The van der Waals surface area contributed by atoms with Gasteiger partial charge in [-0.05, 0) is 48.6 Å². The minimum atomic E-state index is 0.610. The Morgan fingerprint density at radius 3 is 2.32 bits per heavy atom. The predicted octanol–water partition coefficient (Wildman–Crippen LogP) is 3.75. The number of thiazole rings is 1. The van der Waals surface area contributed by atoms with E-state index in [1.807, 2.05) is 6.20 Å². The number of hydrogen-bond donors (Lipinski definition) is 1. The van der Waals surface area contributed by atoms with Crippen LogP contribution in [0.1, 0.15) is 24.0 Å². The lowest BCUT2D eigenvalue weighted by atomic mass is 9.94. The van der Waals surface area contributed by atoms with E-state index >= 15 is 0 Å². The van der Waals surface area contributed by atoms with Gasteiger partial charge in [0.1, 0.15) is 0 Å². The van der Waals surface area contributed by atoms with Gasteiger partial charge in [0.2, 0.25) is 0 Å². The second kappa shape index (κ2) is 4.64. The molecule has 3 heteroatoms. The number of nitrogens with zero attached hydrogens (tertiary/aromatic N) is 1. The molecule has 2 atom stereocenters. The molecule has 1 aromatic heterocycles. The maximum Gasteiger partial charge on any atom is 0.182 e. The molecule has 2 aromatic rings. The van der Waals surface area contributed by atoms with Gasteiger partial charge in [0.25, 0.3) is 0 Å². The van der Waals surface area contributed by atoms with E-state index in [2.05, 4.69) is 39.9 Å². The number of anilines is 1. The Bertz CT molecular complexity index is 531. The first kappa shape index (κ1) is 11.5. The molecule has 0 aliphatic heterocycles. The molecule has 0 radical (unpaired) electrons. The van der Waals surface area contributed by atoms with Gasteiger partial charge in [-0.2, -0.15) is 0 Å². The van der Waals surface area contributed by atoms with Crippen molar-refractivity contribution in [3.8, 4) is 0 Å². The van der Waals surface area contributed by atoms with E-state index in [-0.39, 0.29) is 0 Å². The number of rotatable bonds is 2. The maximum atomic E-state index is 4.39. The summed E-state index contributed by atoms with van der Waals surface area (Å²) in [6.07, 6.45) is 7.08. The van der Waals surface area contributed by atoms with Crippen molar-refractivity contribution >= 4 is 16.5 Å². The van der Waals surface area contributed by atoms with E-state index in [0.29, 0.717) is 6.04 Å². The van der Waals surface area contributed by atoms with Crippen LogP contribution >= 0.6 is 11.3 Å². The molecule has 98 valence electrons. The standard InChI is InChI=1S/C16H18N2S/c1-2-4-12-10-14-6-5-13(9-11(12)3-1)15(14)18-16-17-7-8-19-16/h1-4,7-8,13-15H,5-6,9-10H2,(H,17,18). The van der Waals surface area contributed by atoms with Gasteiger partial charge in [-0.1, -0.05) is 24.3 Å². The first-order chi connectivity index (χ1) is 9.40. The minimum Gasteiger partial charge on any atom is -0.358 e. The first-order valence-electron chi connectivity index (χ1n) is 7.13. The Balaban J connectivity index is 1.62. The van der Waals surface area contributed by atoms with Crippen molar-refractivity contribution in [2.75, 3.05) is 5.32 Å². The highest BCUT2D eigenvalue weighted by molar-refractivity contribution is 7.13. The van der Waals surface area contributed by atoms with Crippen LogP contribution < -0.4 is 5.32 Å². The maximum absolute atomic E-state index is 4.39. The van der Waals surface area contributed by atoms with Crippen molar-refractivity contribution in [1.29, 1.82) is 0 Å². The van der Waals surface area contributed by atoms with Gasteiger partial charge in [-0.25, -0.2) is 4.98 Å². The zero-order valence-electron chi connectivity index (χ0n) is 10.9. The molecule has 0 spiro atoms. The Hall–Kier alpha value is -1.35. The van der Waals surface area contributed by atoms with Gasteiger partial charge in [-0.3, -0.25) is 0 Å². The first-order valence-corrected chi connectivity index (χ1v) is 8.01. The van der Waals surface area contributed by atoms with Crippen molar-refractivity contribution in [3.63, 3.8) is 0 Å². The van der Waals surface area contributed by atoms with Crippen molar-refractivity contribution in [3.05, 3.63) is 47.0 Å². The van der Waals surface area contributed by atoms with Gasteiger partial charge in [0, 0.05) is 17.6 Å². The van der Waals surface area contributed by atoms with Crippen LogP contribution in [0, 0.1) is 11.8 Å². The summed E-state index contributed by atoms with van der Waals surface area (Å²) in [6, 6.07) is 9.60. The van der Waals surface area contributed by atoms with E-state index < -0.39 is 0 Å². The van der Waals surface area contributed by atoms with Crippen LogP contribution in [0.2, 0.25) is 0 Å². The second-order valence-electron chi connectivity index (χ2n) is 5.78. The lowest BCUT2D eigenvalue weighted by molar-refractivity contribution is 0.449. The summed E-state index contributed by atoms with van der Waals surface area (Å²) < 4.78 is 0. The van der Waals surface area contributed by atoms with E-state index in [1.54, 1.807) is 22.5 Å². The Morgan fingerprint density at radius 2 is 1.74 bits per heavy atom. The van der Waals surface area contributed by atoms with Gasteiger partial charge in [-0.15, -0.1) is 11.3 Å². The molecule has 0 saturated heterocycles. The molecule has 19 heavy (non-hydrogen) atoms. The third-order valence-corrected chi connectivity index (χ3v) is 5.43. The van der Waals surface area contributed by atoms with Crippen LogP contribution in [0.5, 0.6) is 0 Å². The topological polar surface area (TPSA) is 24.9 Å². The van der Waals surface area contributed by atoms with Gasteiger partial charge < -0.3 is 5.32 Å². The highest BCUT2D eigenvalue weighted by atomic mass is 32.1. The Labute approximate surface area is 117 Å². The molecule has 0 amide bonds. The van der Waals surface area contributed by atoms with Crippen LogP contribution in [0.3, 0.4) is 0 Å². The van der Waals surface area contributed by atoms with E-state index in [9.17, 15) is 0 Å². The lowest BCUT2D eigenvalue weighted by Gasteiger charge is -2.23. The molecule has 2 aliphatic carbocycles. The second-order valence-corrected chi connectivity index (χ2v) is 6.68. The zero-order chi connectivity index (χ0) is 12.7. The van der Waals surface area contributed by atoms with Crippen molar-refractivity contribution < 1.29 is 0 Å². The third-order valence-electron chi connectivity index (χ3n) is 4.73. The fraction of sp³-hybridized carbons (Fsp3) is 0.438. The third kappa shape index (κ3) is 2.06. The molecule has 1 heterocycles. The smallest absolute Gasteiger partial charge is 0.182 e. The summed E-state index contributed by atoms with van der Waals surface area (Å²) in [7, 11) is 0. The van der Waals surface area contributed by atoms with Crippen molar-refractivity contribution in [2.45, 2.75) is 31.7 Å². The number of benzene rings is 1. The predicted molar refractivity (Wildman–Crippen MR) is 79.6 cm³/mol. The summed E-state index contributed by atoms with van der Waals surface area (Å²) >= 11 is 1.72. The summed E-state index contributed by atoms with van der Waals surface area (Å²) in [4.78, 5) is 4.39. The zero-order valence-corrected chi connectivity index (χ0v) is 11.7. The molecule has 2 unspecified atom stereocenters. The molecule has 2 bridgehead atoms. The van der Waals surface area contributed by atoms with Gasteiger partial charge in [0.05, 0.1) is 0 Å². The lowest BCUT2D eigenvalue weighted by Crippen LogP contribution is -2.30. The summed E-state index contributed by atoms with van der Waals surface area (Å²) in [5.74, 6) is 1.55. The highest BCUT2D eigenvalue weighted by Gasteiger charge is 2.39. The van der Waals surface area contributed by atoms with E-state index in [0.717, 1.165) is 17.0 Å². The molecule has 1 saturated carbocycles. The molecule has 1 aromatic carbocycles. The van der Waals surface area contributed by atoms with E-state index in [1.165, 1.54) is 25.7 Å². The average molecular weight is 270 g/mol. The van der Waals surface area contributed by atoms with Crippen LogP contribution in [-0.2, 0) is 12.8 Å². The molecular weight excluding hydrogens is 252 g/mol. The van der Waals surface area contributed by atoms with Gasteiger partial charge >= 0.3 is 0 Å². The fourth-order valence-corrected chi connectivity index (χ4v) is 4.40. The molecule has 1 fully saturated rings. The average Bonchev–Trinajstić information content (AvgIpc) is 2.99. The molecule has 2 aliphatic rings. The summed E-state index contributed by atoms with van der Waals surface area (Å²) in [5, 5.41) is 6.85. The number of fused-ring (bicyclic) bond motifs is 3.